The highest BCUT2D eigenvalue weighted by Gasteiger charge is 2.41. The smallest absolute Gasteiger partial charge is 0.273 e. The number of carbonyl (C=O) groups excluding carboxylic acids is 2. The van der Waals surface area contributed by atoms with Crippen LogP contribution in [0.15, 0.2) is 66.8 Å². The molecule has 1 aromatic carbocycles. The molecule has 2 fully saturated rings. The van der Waals surface area contributed by atoms with Gasteiger partial charge >= 0.3 is 0 Å². The highest BCUT2D eigenvalue weighted by Crippen LogP contribution is 2.41. The molecular weight excluding hydrogens is 701 g/mol. The van der Waals surface area contributed by atoms with Crippen molar-refractivity contribution >= 4 is 20.1 Å². The maximum absolute atomic E-state index is 12.3. The monoisotopic (exact) mass is 746 g/mol. The third kappa shape index (κ3) is 8.97. The molecule has 0 radical (unpaired) electrons. The number of aromatic nitrogens is 6. The van der Waals surface area contributed by atoms with Gasteiger partial charge in [-0.25, -0.2) is 0 Å². The first kappa shape index (κ1) is 37.7. The number of aliphatic hydroxyl groups excluding tert-OH is 1. The number of benzene rings is 1. The van der Waals surface area contributed by atoms with Gasteiger partial charge in [0.1, 0.15) is 18.5 Å². The predicted octanol–water partition coefficient (Wildman–Crippen LogP) is 6.27. The summed E-state index contributed by atoms with van der Waals surface area (Å²) < 4.78 is 26.9. The Bertz CT molecular complexity index is 1960. The lowest BCUT2D eigenvalue weighted by Crippen LogP contribution is -2.43. The van der Waals surface area contributed by atoms with Gasteiger partial charge in [0.05, 0.1) is 0 Å². The van der Waals surface area contributed by atoms with Crippen molar-refractivity contribution in [3.63, 3.8) is 0 Å². The number of amides is 2. The van der Waals surface area contributed by atoms with Crippen LogP contribution in [0.3, 0.4) is 0 Å². The predicted molar refractivity (Wildman–Crippen MR) is 191 cm³/mol. The molecule has 0 aliphatic heterocycles. The maximum atomic E-state index is 12.3. The molecule has 16 nitrogen and oxygen atoms in total. The summed E-state index contributed by atoms with van der Waals surface area (Å²) in [6.45, 7) is 14.6. The molecule has 282 valence electrons. The standard InChI is InChI=1S/C18H28N4O4Si.C18H18N4O4/c1-11(26-27(5,6)18(2,3)4)15-20-17(25-22-15)12-9-13(10-12)19-16(23)14-7-8-24-21-14;1-10(23)16-20-18(26-22-16)12-7-13(8-12)19-17(24)14-9-15(25-21-14)11-5-3-2-4-6-11/h7-8,11-13H,9-10H2,1-6H3,(H,19,23);2-6,9-10,12-13,23H,7-8H2,1H3,(H,19,24)/t11?,12-,13-;10-,12-,13-/m.1/s1. The van der Waals surface area contributed by atoms with Gasteiger partial charge in [-0.1, -0.05) is 71.7 Å². The fraction of sp³-hybridized carbons (Fsp3) is 0.500. The Morgan fingerprint density at radius 3 is 1.91 bits per heavy atom. The number of hydrogen-bond donors (Lipinski definition) is 3. The summed E-state index contributed by atoms with van der Waals surface area (Å²) in [5.41, 5.74) is 1.41. The molecule has 2 aliphatic rings. The van der Waals surface area contributed by atoms with E-state index in [0.717, 1.165) is 18.4 Å². The second kappa shape index (κ2) is 15.5. The van der Waals surface area contributed by atoms with Gasteiger partial charge in [0.25, 0.3) is 11.8 Å². The van der Waals surface area contributed by atoms with E-state index in [2.05, 4.69) is 79.6 Å². The number of aliphatic hydroxyl groups is 1. The van der Waals surface area contributed by atoms with Gasteiger partial charge in [-0.15, -0.1) is 0 Å². The van der Waals surface area contributed by atoms with Crippen molar-refractivity contribution in [1.82, 2.24) is 41.2 Å². The van der Waals surface area contributed by atoms with Crippen molar-refractivity contribution in [3.05, 3.63) is 83.5 Å². The normalized spacial score (nSPS) is 21.0. The van der Waals surface area contributed by atoms with Crippen LogP contribution in [-0.4, -0.2) is 67.9 Å². The number of rotatable bonds is 11. The Hall–Kier alpha value is -5.00. The summed E-state index contributed by atoms with van der Waals surface area (Å²) in [6.07, 6.45) is 3.37. The van der Waals surface area contributed by atoms with E-state index in [1.54, 1.807) is 19.1 Å². The Kier molecular flexibility index (Phi) is 11.1. The molecule has 53 heavy (non-hydrogen) atoms. The van der Waals surface area contributed by atoms with E-state index in [-0.39, 0.29) is 64.1 Å². The molecule has 4 aromatic heterocycles. The molecule has 4 heterocycles. The van der Waals surface area contributed by atoms with Crippen LogP contribution < -0.4 is 10.6 Å². The van der Waals surface area contributed by atoms with Gasteiger partial charge in [-0.2, -0.15) is 9.97 Å². The largest absolute Gasteiger partial charge is 0.407 e. The van der Waals surface area contributed by atoms with Crippen LogP contribution in [0.4, 0.5) is 0 Å². The van der Waals surface area contributed by atoms with Crippen LogP contribution in [0.2, 0.25) is 18.1 Å². The van der Waals surface area contributed by atoms with Gasteiger partial charge in [-0.05, 0) is 57.7 Å². The molecule has 0 bridgehead atoms. The van der Waals surface area contributed by atoms with Gasteiger partial charge in [0, 0.05) is 41.6 Å². The summed E-state index contributed by atoms with van der Waals surface area (Å²) in [7, 11) is -1.90. The lowest BCUT2D eigenvalue weighted by atomic mass is 9.80. The SMILES string of the molecule is CC(O[Si](C)(C)C(C)(C)C)c1noc([C@H]2C[C@H](NC(=O)c3ccon3)C2)n1.C[C@@H](O)c1noc([C@H]2C[C@H](NC(=O)c3cc(-c4ccccc4)on3)C2)n1. The Morgan fingerprint density at radius 2 is 1.38 bits per heavy atom. The fourth-order valence-electron chi connectivity index (χ4n) is 5.68. The summed E-state index contributed by atoms with van der Waals surface area (Å²) in [6, 6.07) is 12.8. The first-order valence-electron chi connectivity index (χ1n) is 17.7. The minimum atomic E-state index is -1.90. The van der Waals surface area contributed by atoms with E-state index in [1.807, 2.05) is 37.3 Å². The van der Waals surface area contributed by atoms with Gasteiger partial charge in [0.2, 0.25) is 11.8 Å². The van der Waals surface area contributed by atoms with Crippen molar-refractivity contribution in [3.8, 4) is 11.3 Å². The third-order valence-electron chi connectivity index (χ3n) is 10.0. The molecule has 7 rings (SSSR count). The number of nitrogens with one attached hydrogen (secondary N) is 2. The van der Waals surface area contributed by atoms with Crippen LogP contribution in [0.25, 0.3) is 11.3 Å². The van der Waals surface area contributed by atoms with Crippen molar-refractivity contribution in [2.45, 2.75) is 115 Å². The lowest BCUT2D eigenvalue weighted by Gasteiger charge is -2.37. The Balaban J connectivity index is 0.000000181. The summed E-state index contributed by atoms with van der Waals surface area (Å²) >= 11 is 0. The van der Waals surface area contributed by atoms with Crippen LogP contribution in [0.5, 0.6) is 0 Å². The first-order valence-corrected chi connectivity index (χ1v) is 20.6. The molecular formula is C36H46N8O8Si. The van der Waals surface area contributed by atoms with E-state index >= 15 is 0 Å². The van der Waals surface area contributed by atoms with E-state index in [9.17, 15) is 14.7 Å². The molecule has 2 saturated carbocycles. The van der Waals surface area contributed by atoms with E-state index in [0.29, 0.717) is 36.2 Å². The minimum Gasteiger partial charge on any atom is -0.407 e. The van der Waals surface area contributed by atoms with Crippen molar-refractivity contribution < 1.29 is 37.2 Å². The van der Waals surface area contributed by atoms with E-state index in [4.69, 9.17) is 18.0 Å². The summed E-state index contributed by atoms with van der Waals surface area (Å²) in [5, 5.41) is 30.7. The topological polar surface area (TPSA) is 218 Å². The number of carbonyl (C=O) groups is 2. The zero-order chi connectivity index (χ0) is 37.9. The van der Waals surface area contributed by atoms with Crippen molar-refractivity contribution in [2.24, 2.45) is 0 Å². The van der Waals surface area contributed by atoms with E-state index in [1.165, 1.54) is 6.26 Å². The maximum Gasteiger partial charge on any atom is 0.273 e. The molecule has 5 aromatic rings. The lowest BCUT2D eigenvalue weighted by molar-refractivity contribution is 0.0884. The third-order valence-corrected chi connectivity index (χ3v) is 14.6. The molecule has 2 aliphatic carbocycles. The van der Waals surface area contributed by atoms with Gasteiger partial charge < -0.3 is 38.3 Å². The molecule has 2 atom stereocenters. The second-order valence-corrected chi connectivity index (χ2v) is 19.9. The zero-order valence-electron chi connectivity index (χ0n) is 30.9. The quantitative estimate of drug-likeness (QED) is 0.127. The van der Waals surface area contributed by atoms with Crippen molar-refractivity contribution in [2.75, 3.05) is 0 Å². The van der Waals surface area contributed by atoms with Crippen LogP contribution in [-0.2, 0) is 4.43 Å². The van der Waals surface area contributed by atoms with Crippen LogP contribution in [0, 0.1) is 0 Å². The van der Waals surface area contributed by atoms with E-state index < -0.39 is 14.4 Å². The molecule has 1 unspecified atom stereocenters. The van der Waals surface area contributed by atoms with Crippen LogP contribution in [0.1, 0.15) is 129 Å². The second-order valence-electron chi connectivity index (χ2n) is 15.2. The highest BCUT2D eigenvalue weighted by molar-refractivity contribution is 6.74. The molecule has 0 spiro atoms. The first-order chi connectivity index (χ1) is 25.2. The molecule has 3 N–H and O–H groups in total. The average Bonchev–Trinajstić information content (AvgIpc) is 3.91. The Morgan fingerprint density at radius 1 is 0.811 bits per heavy atom. The number of nitrogens with zero attached hydrogens (tertiary/aromatic N) is 6. The number of hydrogen-bond acceptors (Lipinski definition) is 14. The molecule has 0 saturated heterocycles. The average molecular weight is 747 g/mol. The highest BCUT2D eigenvalue weighted by atomic mass is 28.4. The zero-order valence-corrected chi connectivity index (χ0v) is 31.9. The Labute approximate surface area is 307 Å². The molecule has 2 amide bonds. The summed E-state index contributed by atoms with van der Waals surface area (Å²) in [4.78, 5) is 33.0. The van der Waals surface area contributed by atoms with Crippen LogP contribution >= 0.6 is 0 Å². The minimum absolute atomic E-state index is 0.0197. The summed E-state index contributed by atoms with van der Waals surface area (Å²) in [5.74, 6) is 2.30. The van der Waals surface area contributed by atoms with Gasteiger partial charge in [0.15, 0.2) is 37.1 Å². The molecule has 17 heteroatoms. The fourth-order valence-corrected chi connectivity index (χ4v) is 7.02. The van der Waals surface area contributed by atoms with Gasteiger partial charge in [-0.3, -0.25) is 9.59 Å². The van der Waals surface area contributed by atoms with Crippen molar-refractivity contribution in [1.29, 1.82) is 0 Å².